The highest BCUT2D eigenvalue weighted by Crippen LogP contribution is 2.37. The van der Waals surface area contributed by atoms with E-state index >= 15 is 0 Å². The molecule has 1 heterocycles. The Morgan fingerprint density at radius 1 is 1.16 bits per heavy atom. The van der Waals surface area contributed by atoms with Crippen LogP contribution in [0.1, 0.15) is 25.8 Å². The Labute approximate surface area is 194 Å². The monoisotopic (exact) mass is 478 g/mol. The molecule has 2 amide bonds. The predicted octanol–water partition coefficient (Wildman–Crippen LogP) is 4.18. The lowest BCUT2D eigenvalue weighted by molar-refractivity contribution is -0.133. The molecule has 0 aromatic heterocycles. The Morgan fingerprint density at radius 3 is 2.62 bits per heavy atom. The highest BCUT2D eigenvalue weighted by molar-refractivity contribution is 6.31. The standard InChI is InChI=1S/C23H21Cl2FN2O4/c1-22(28-20(29)12-31-16-4-5-17(25)18(26)8-16)10-15(11-22)27-21(30)23(2)9-13-7-14(24)3-6-19(13)32-23/h3-8,10H,9,11-12H2,1-2H3,(H,27,30)(H,28,29)/t22?,23-/m1/s1. The lowest BCUT2D eigenvalue weighted by Gasteiger charge is -2.38. The lowest BCUT2D eigenvalue weighted by atomic mass is 9.83. The summed E-state index contributed by atoms with van der Waals surface area (Å²) in [7, 11) is 0. The van der Waals surface area contributed by atoms with Crippen molar-refractivity contribution in [2.75, 3.05) is 6.61 Å². The van der Waals surface area contributed by atoms with Gasteiger partial charge in [0.15, 0.2) is 12.2 Å². The number of amides is 2. The molecule has 1 unspecified atom stereocenters. The van der Waals surface area contributed by atoms with E-state index in [4.69, 9.17) is 32.7 Å². The van der Waals surface area contributed by atoms with Crippen molar-refractivity contribution < 1.29 is 23.5 Å². The highest BCUT2D eigenvalue weighted by Gasteiger charge is 2.44. The highest BCUT2D eigenvalue weighted by atomic mass is 35.5. The van der Waals surface area contributed by atoms with Crippen LogP contribution in [-0.2, 0) is 16.0 Å². The van der Waals surface area contributed by atoms with Crippen LogP contribution in [0.2, 0.25) is 10.0 Å². The number of carbonyl (C=O) groups excluding carboxylic acids is 2. The summed E-state index contributed by atoms with van der Waals surface area (Å²) in [5.41, 5.74) is -0.0831. The van der Waals surface area contributed by atoms with Gasteiger partial charge in [-0.3, -0.25) is 9.59 Å². The molecule has 9 heteroatoms. The minimum Gasteiger partial charge on any atom is -0.484 e. The molecule has 0 saturated carbocycles. The van der Waals surface area contributed by atoms with Crippen LogP contribution in [0.3, 0.4) is 0 Å². The maximum atomic E-state index is 13.5. The van der Waals surface area contributed by atoms with Crippen LogP contribution in [0.5, 0.6) is 11.5 Å². The quantitative estimate of drug-likeness (QED) is 0.652. The van der Waals surface area contributed by atoms with E-state index in [9.17, 15) is 14.0 Å². The molecule has 2 aromatic rings. The summed E-state index contributed by atoms with van der Waals surface area (Å²) in [4.78, 5) is 25.0. The minimum atomic E-state index is -1.04. The fourth-order valence-corrected chi connectivity index (χ4v) is 4.13. The molecule has 1 aliphatic carbocycles. The number of hydrogen-bond donors (Lipinski definition) is 2. The zero-order chi connectivity index (χ0) is 23.1. The van der Waals surface area contributed by atoms with Crippen LogP contribution in [0.15, 0.2) is 48.2 Å². The van der Waals surface area contributed by atoms with Crippen LogP contribution in [0, 0.1) is 5.82 Å². The van der Waals surface area contributed by atoms with Crippen LogP contribution >= 0.6 is 23.2 Å². The van der Waals surface area contributed by atoms with Crippen molar-refractivity contribution in [1.29, 1.82) is 0 Å². The second kappa shape index (κ2) is 8.30. The Bertz CT molecular complexity index is 1140. The van der Waals surface area contributed by atoms with Gasteiger partial charge in [-0.05, 0) is 50.3 Å². The van der Waals surface area contributed by atoms with Crippen LogP contribution < -0.4 is 20.1 Å². The number of ether oxygens (including phenoxy) is 2. The fourth-order valence-electron chi connectivity index (χ4n) is 3.81. The second-order valence-electron chi connectivity index (χ2n) is 8.39. The van der Waals surface area contributed by atoms with E-state index in [0.29, 0.717) is 29.3 Å². The molecule has 0 spiro atoms. The maximum absolute atomic E-state index is 13.5. The van der Waals surface area contributed by atoms with Gasteiger partial charge >= 0.3 is 0 Å². The fraction of sp³-hybridized carbons (Fsp3) is 0.304. The van der Waals surface area contributed by atoms with Crippen LogP contribution in [-0.4, -0.2) is 29.6 Å². The van der Waals surface area contributed by atoms with Crippen molar-refractivity contribution in [1.82, 2.24) is 10.6 Å². The smallest absolute Gasteiger partial charge is 0.268 e. The van der Waals surface area contributed by atoms with E-state index in [2.05, 4.69) is 10.6 Å². The van der Waals surface area contributed by atoms with Crippen LogP contribution in [0.4, 0.5) is 4.39 Å². The van der Waals surface area contributed by atoms with E-state index in [1.807, 2.05) is 6.92 Å². The van der Waals surface area contributed by atoms with Gasteiger partial charge in [-0.15, -0.1) is 0 Å². The average molecular weight is 479 g/mol. The predicted molar refractivity (Wildman–Crippen MR) is 118 cm³/mol. The van der Waals surface area contributed by atoms with Crippen molar-refractivity contribution >= 4 is 35.0 Å². The molecular weight excluding hydrogens is 458 g/mol. The number of fused-ring (bicyclic) bond motifs is 1. The average Bonchev–Trinajstić information content (AvgIpc) is 3.04. The molecule has 2 aromatic carbocycles. The van der Waals surface area contributed by atoms with Crippen molar-refractivity contribution in [3.05, 3.63) is 69.6 Å². The number of carbonyl (C=O) groups is 2. The zero-order valence-electron chi connectivity index (χ0n) is 17.4. The van der Waals surface area contributed by atoms with Crippen molar-refractivity contribution in [2.24, 2.45) is 0 Å². The first kappa shape index (κ1) is 22.4. The Hall–Kier alpha value is -2.77. The van der Waals surface area contributed by atoms with Gasteiger partial charge in [-0.25, -0.2) is 4.39 Å². The lowest BCUT2D eigenvalue weighted by Crippen LogP contribution is -2.55. The van der Waals surface area contributed by atoms with Crippen molar-refractivity contribution in [3.63, 3.8) is 0 Å². The van der Waals surface area contributed by atoms with Gasteiger partial charge in [0.1, 0.15) is 17.3 Å². The Morgan fingerprint density at radius 2 is 1.91 bits per heavy atom. The number of nitrogens with one attached hydrogen (secondary N) is 2. The van der Waals surface area contributed by atoms with E-state index in [1.54, 1.807) is 31.2 Å². The second-order valence-corrected chi connectivity index (χ2v) is 9.24. The first-order valence-corrected chi connectivity index (χ1v) is 10.7. The number of halogens is 3. The summed E-state index contributed by atoms with van der Waals surface area (Å²) >= 11 is 11.7. The number of hydrogen-bond acceptors (Lipinski definition) is 4. The molecule has 2 atom stereocenters. The summed E-state index contributed by atoms with van der Waals surface area (Å²) in [5, 5.41) is 6.28. The third kappa shape index (κ3) is 4.69. The molecule has 6 nitrogen and oxygen atoms in total. The third-order valence-corrected chi connectivity index (χ3v) is 5.92. The van der Waals surface area contributed by atoms with Gasteiger partial charge < -0.3 is 20.1 Å². The van der Waals surface area contributed by atoms with Gasteiger partial charge in [-0.1, -0.05) is 23.2 Å². The normalized spacial score (nSPS) is 23.3. The molecule has 0 fully saturated rings. The topological polar surface area (TPSA) is 76.7 Å². The molecule has 2 aliphatic rings. The van der Waals surface area contributed by atoms with Gasteiger partial charge in [0.05, 0.1) is 10.6 Å². The molecule has 168 valence electrons. The molecule has 0 radical (unpaired) electrons. The molecular formula is C23H21Cl2FN2O4. The largest absolute Gasteiger partial charge is 0.484 e. The van der Waals surface area contributed by atoms with Crippen LogP contribution in [0.25, 0.3) is 0 Å². The third-order valence-electron chi connectivity index (χ3n) is 5.38. The van der Waals surface area contributed by atoms with Crippen molar-refractivity contribution in [3.8, 4) is 11.5 Å². The Balaban J connectivity index is 1.29. The maximum Gasteiger partial charge on any atom is 0.268 e. The summed E-state index contributed by atoms with van der Waals surface area (Å²) < 4.78 is 24.6. The molecule has 0 bridgehead atoms. The van der Waals surface area contributed by atoms with Gasteiger partial charge in [-0.2, -0.15) is 0 Å². The first-order valence-electron chi connectivity index (χ1n) is 9.95. The Kier molecular flexibility index (Phi) is 5.81. The molecule has 4 rings (SSSR count). The van der Waals surface area contributed by atoms with E-state index in [0.717, 1.165) is 11.6 Å². The van der Waals surface area contributed by atoms with Gasteiger partial charge in [0.2, 0.25) is 0 Å². The van der Waals surface area contributed by atoms with Crippen molar-refractivity contribution in [2.45, 2.75) is 37.8 Å². The van der Waals surface area contributed by atoms with Gasteiger partial charge in [0.25, 0.3) is 11.8 Å². The summed E-state index contributed by atoms with van der Waals surface area (Å²) in [6.45, 7) is 3.28. The molecule has 32 heavy (non-hydrogen) atoms. The van der Waals surface area contributed by atoms with E-state index in [1.165, 1.54) is 12.1 Å². The molecule has 2 N–H and O–H groups in total. The summed E-state index contributed by atoms with van der Waals surface area (Å²) in [6.07, 6.45) is 2.63. The molecule has 1 aliphatic heterocycles. The molecule has 0 saturated heterocycles. The first-order chi connectivity index (χ1) is 15.1. The van der Waals surface area contributed by atoms with Gasteiger partial charge in [0, 0.05) is 35.2 Å². The number of rotatable bonds is 6. The number of benzene rings is 2. The van der Waals surface area contributed by atoms with E-state index in [-0.39, 0.29) is 29.2 Å². The zero-order valence-corrected chi connectivity index (χ0v) is 18.9. The summed E-state index contributed by atoms with van der Waals surface area (Å²) in [6, 6.07) is 9.23. The minimum absolute atomic E-state index is 0.0203. The summed E-state index contributed by atoms with van der Waals surface area (Å²) in [5.74, 6) is -0.408. The SMILES string of the molecule is CC1(NC(=O)COc2ccc(Cl)c(F)c2)C=C(NC(=O)[C@@]2(C)Cc3cc(Cl)ccc3O2)C1. The van der Waals surface area contributed by atoms with E-state index < -0.39 is 17.0 Å².